The highest BCUT2D eigenvalue weighted by Gasteiger charge is 2.04. The van der Waals surface area contributed by atoms with Crippen molar-refractivity contribution in [2.45, 2.75) is 5.88 Å². The van der Waals surface area contributed by atoms with E-state index in [2.05, 4.69) is 15.5 Å². The first-order valence-electron chi connectivity index (χ1n) is 3.80. The molecule has 0 fully saturated rings. The average Bonchev–Trinajstić information content (AvgIpc) is 2.67. The van der Waals surface area contributed by atoms with E-state index in [0.717, 1.165) is 5.69 Å². The number of rotatable bonds is 2. The van der Waals surface area contributed by atoms with E-state index in [0.29, 0.717) is 11.7 Å². The van der Waals surface area contributed by atoms with E-state index < -0.39 is 0 Å². The van der Waals surface area contributed by atoms with Crippen LogP contribution in [0.4, 0.5) is 0 Å². The van der Waals surface area contributed by atoms with E-state index in [1.54, 1.807) is 4.68 Å². The topological polar surface area (TPSA) is 43.6 Å². The predicted molar refractivity (Wildman–Crippen MR) is 48.7 cm³/mol. The first kappa shape index (κ1) is 8.19. The van der Waals surface area contributed by atoms with Gasteiger partial charge in [-0.25, -0.2) is 0 Å². The van der Waals surface area contributed by atoms with Gasteiger partial charge >= 0.3 is 0 Å². The fourth-order valence-corrected chi connectivity index (χ4v) is 1.23. The Labute approximate surface area is 80.1 Å². The zero-order chi connectivity index (χ0) is 9.10. The Hall–Kier alpha value is -1.42. The Morgan fingerprint density at radius 1 is 1.23 bits per heavy atom. The lowest BCUT2D eigenvalue weighted by Gasteiger charge is -2.00. The number of halogens is 1. The summed E-state index contributed by atoms with van der Waals surface area (Å²) < 4.78 is 1.62. The van der Waals surface area contributed by atoms with Crippen molar-refractivity contribution in [3.8, 4) is 5.69 Å². The molecule has 1 aromatic heterocycles. The van der Waals surface area contributed by atoms with Crippen LogP contribution >= 0.6 is 11.6 Å². The third-order valence-electron chi connectivity index (χ3n) is 1.65. The second-order valence-electron chi connectivity index (χ2n) is 2.48. The van der Waals surface area contributed by atoms with Crippen molar-refractivity contribution in [2.75, 3.05) is 0 Å². The molecule has 0 saturated carbocycles. The summed E-state index contributed by atoms with van der Waals surface area (Å²) in [6.07, 6.45) is 0. The molecule has 0 atom stereocenters. The molecular weight excluding hydrogens is 188 g/mol. The van der Waals surface area contributed by atoms with Gasteiger partial charge in [-0.3, -0.25) is 0 Å². The van der Waals surface area contributed by atoms with Gasteiger partial charge in [-0.05, 0) is 22.6 Å². The Balaban J connectivity index is 2.47. The number of nitrogens with zero attached hydrogens (tertiary/aromatic N) is 4. The van der Waals surface area contributed by atoms with Gasteiger partial charge in [0.05, 0.1) is 11.6 Å². The molecule has 1 heterocycles. The minimum absolute atomic E-state index is 0.307. The van der Waals surface area contributed by atoms with E-state index in [1.165, 1.54) is 0 Å². The van der Waals surface area contributed by atoms with Crippen LogP contribution in [-0.4, -0.2) is 20.2 Å². The third kappa shape index (κ3) is 1.53. The van der Waals surface area contributed by atoms with Crippen LogP contribution in [0.5, 0.6) is 0 Å². The van der Waals surface area contributed by atoms with Crippen molar-refractivity contribution in [3.63, 3.8) is 0 Å². The Morgan fingerprint density at radius 2 is 2.00 bits per heavy atom. The molecule has 2 aromatic rings. The number of tetrazole rings is 1. The molecule has 0 spiro atoms. The van der Waals surface area contributed by atoms with Crippen LogP contribution < -0.4 is 0 Å². The zero-order valence-electron chi connectivity index (χ0n) is 6.76. The predicted octanol–water partition coefficient (Wildman–Crippen LogP) is 1.40. The van der Waals surface area contributed by atoms with Crippen molar-refractivity contribution in [3.05, 3.63) is 36.2 Å². The zero-order valence-corrected chi connectivity index (χ0v) is 7.52. The lowest BCUT2D eigenvalue weighted by molar-refractivity contribution is 0.777. The molecule has 0 aliphatic carbocycles. The quantitative estimate of drug-likeness (QED) is 0.679. The standard InChI is InChI=1S/C8H7ClN4/c9-6-8-10-11-12-13(8)7-4-2-1-3-5-7/h1-5H,6H2. The van der Waals surface area contributed by atoms with Crippen molar-refractivity contribution >= 4 is 11.6 Å². The molecule has 0 unspecified atom stereocenters. The van der Waals surface area contributed by atoms with Crippen LogP contribution in [0.2, 0.25) is 0 Å². The van der Waals surface area contributed by atoms with Gasteiger partial charge in [0.25, 0.3) is 0 Å². The van der Waals surface area contributed by atoms with E-state index in [-0.39, 0.29) is 0 Å². The Kier molecular flexibility index (Phi) is 2.23. The van der Waals surface area contributed by atoms with Gasteiger partial charge in [-0.1, -0.05) is 18.2 Å². The maximum atomic E-state index is 5.66. The minimum atomic E-state index is 0.307. The van der Waals surface area contributed by atoms with Gasteiger partial charge < -0.3 is 0 Å². The maximum absolute atomic E-state index is 5.66. The molecule has 4 nitrogen and oxygen atoms in total. The lowest BCUT2D eigenvalue weighted by Crippen LogP contribution is -2.00. The van der Waals surface area contributed by atoms with Gasteiger partial charge in [0.1, 0.15) is 0 Å². The van der Waals surface area contributed by atoms with E-state index in [9.17, 15) is 0 Å². The molecule has 0 bridgehead atoms. The molecule has 0 amide bonds. The number of para-hydroxylation sites is 1. The molecule has 0 aliphatic heterocycles. The number of alkyl halides is 1. The van der Waals surface area contributed by atoms with Crippen LogP contribution in [0.15, 0.2) is 30.3 Å². The average molecular weight is 195 g/mol. The second-order valence-corrected chi connectivity index (χ2v) is 2.74. The molecule has 0 aliphatic rings. The van der Waals surface area contributed by atoms with Crippen molar-refractivity contribution in [1.82, 2.24) is 20.2 Å². The summed E-state index contributed by atoms with van der Waals surface area (Å²) >= 11 is 5.66. The van der Waals surface area contributed by atoms with Crippen LogP contribution in [-0.2, 0) is 5.88 Å². The molecule has 0 radical (unpaired) electrons. The normalized spacial score (nSPS) is 10.2. The van der Waals surface area contributed by atoms with Gasteiger partial charge in [0, 0.05) is 0 Å². The SMILES string of the molecule is ClCc1nnnn1-c1ccccc1. The van der Waals surface area contributed by atoms with Crippen molar-refractivity contribution in [2.24, 2.45) is 0 Å². The molecule has 0 N–H and O–H groups in total. The van der Waals surface area contributed by atoms with Crippen LogP contribution in [0.1, 0.15) is 5.82 Å². The molecular formula is C8H7ClN4. The fourth-order valence-electron chi connectivity index (χ4n) is 1.06. The highest BCUT2D eigenvalue weighted by molar-refractivity contribution is 6.16. The summed E-state index contributed by atoms with van der Waals surface area (Å²) in [6.45, 7) is 0. The number of hydrogen-bond acceptors (Lipinski definition) is 3. The Bertz CT molecular complexity index is 384. The first-order chi connectivity index (χ1) is 6.42. The van der Waals surface area contributed by atoms with Crippen molar-refractivity contribution < 1.29 is 0 Å². The molecule has 5 heteroatoms. The summed E-state index contributed by atoms with van der Waals surface area (Å²) in [5.41, 5.74) is 0.920. The monoisotopic (exact) mass is 194 g/mol. The summed E-state index contributed by atoms with van der Waals surface area (Å²) in [4.78, 5) is 0. The largest absolute Gasteiger partial charge is 0.196 e. The molecule has 2 rings (SSSR count). The summed E-state index contributed by atoms with van der Waals surface area (Å²) in [5, 5.41) is 11.2. The third-order valence-corrected chi connectivity index (χ3v) is 1.89. The maximum Gasteiger partial charge on any atom is 0.171 e. The molecule has 0 saturated heterocycles. The van der Waals surface area contributed by atoms with Gasteiger partial charge in [0.15, 0.2) is 5.82 Å². The van der Waals surface area contributed by atoms with Crippen molar-refractivity contribution in [1.29, 1.82) is 0 Å². The van der Waals surface area contributed by atoms with Gasteiger partial charge in [-0.15, -0.1) is 16.7 Å². The van der Waals surface area contributed by atoms with E-state index >= 15 is 0 Å². The van der Waals surface area contributed by atoms with Crippen LogP contribution in [0, 0.1) is 0 Å². The Morgan fingerprint density at radius 3 is 2.69 bits per heavy atom. The smallest absolute Gasteiger partial charge is 0.171 e. The van der Waals surface area contributed by atoms with Gasteiger partial charge in [-0.2, -0.15) is 4.68 Å². The lowest BCUT2D eigenvalue weighted by atomic mass is 10.3. The fraction of sp³-hybridized carbons (Fsp3) is 0.125. The number of benzene rings is 1. The van der Waals surface area contributed by atoms with Crippen LogP contribution in [0.3, 0.4) is 0 Å². The summed E-state index contributed by atoms with van der Waals surface area (Å²) in [6, 6.07) is 9.64. The number of aromatic nitrogens is 4. The first-order valence-corrected chi connectivity index (χ1v) is 4.34. The molecule has 66 valence electrons. The summed E-state index contributed by atoms with van der Waals surface area (Å²) in [5.74, 6) is 0.954. The highest BCUT2D eigenvalue weighted by atomic mass is 35.5. The van der Waals surface area contributed by atoms with E-state index in [1.807, 2.05) is 30.3 Å². The minimum Gasteiger partial charge on any atom is -0.196 e. The second kappa shape index (κ2) is 3.53. The van der Waals surface area contributed by atoms with Crippen LogP contribution in [0.25, 0.3) is 5.69 Å². The molecule has 13 heavy (non-hydrogen) atoms. The van der Waals surface area contributed by atoms with E-state index in [4.69, 9.17) is 11.6 Å². The summed E-state index contributed by atoms with van der Waals surface area (Å²) in [7, 11) is 0. The highest BCUT2D eigenvalue weighted by Crippen LogP contribution is 2.07. The van der Waals surface area contributed by atoms with Gasteiger partial charge in [0.2, 0.25) is 0 Å². The molecule has 1 aromatic carbocycles. The number of hydrogen-bond donors (Lipinski definition) is 0.